The van der Waals surface area contributed by atoms with Crippen molar-refractivity contribution in [3.8, 4) is 0 Å². The van der Waals surface area contributed by atoms with Crippen molar-refractivity contribution in [2.45, 2.75) is 13.5 Å². The number of aromatic nitrogens is 3. The summed E-state index contributed by atoms with van der Waals surface area (Å²) < 4.78 is 6.06. The lowest BCUT2D eigenvalue weighted by molar-refractivity contribution is 0.425. The maximum atomic E-state index is 4.90. The molecule has 2 heterocycles. The molecule has 2 aromatic rings. The Kier molecular flexibility index (Phi) is 2.96. The molecule has 0 fully saturated rings. The largest absolute Gasteiger partial charge is 0.331 e. The molecule has 7 heteroatoms. The lowest BCUT2D eigenvalue weighted by atomic mass is 10.6. The van der Waals surface area contributed by atoms with E-state index in [9.17, 15) is 0 Å². The number of hydrogen-bond donors (Lipinski definition) is 1. The van der Waals surface area contributed by atoms with Crippen LogP contribution in [0.1, 0.15) is 10.8 Å². The molecule has 0 aliphatic carbocycles. The SMILES string of the molecule is Cc1noc(NCc2ncc(I)s2)n1. The van der Waals surface area contributed by atoms with Gasteiger partial charge in [0, 0.05) is 0 Å². The van der Waals surface area contributed by atoms with Crippen molar-refractivity contribution >= 4 is 39.9 Å². The molecule has 74 valence electrons. The molecule has 2 aromatic heterocycles. The van der Waals surface area contributed by atoms with Crippen molar-refractivity contribution in [1.82, 2.24) is 15.1 Å². The predicted octanol–water partition coefficient (Wildman–Crippen LogP) is 2.05. The van der Waals surface area contributed by atoms with Crippen LogP contribution in [0.2, 0.25) is 0 Å². The van der Waals surface area contributed by atoms with Crippen LogP contribution >= 0.6 is 33.9 Å². The lowest BCUT2D eigenvalue weighted by Gasteiger charge is -1.94. The highest BCUT2D eigenvalue weighted by Gasteiger charge is 2.03. The predicted molar refractivity (Wildman–Crippen MR) is 61.2 cm³/mol. The smallest absolute Gasteiger partial charge is 0.321 e. The molecule has 1 N–H and O–H groups in total. The summed E-state index contributed by atoms with van der Waals surface area (Å²) in [5.74, 6) is 0.626. The second-order valence-corrected chi connectivity index (χ2v) is 5.57. The highest BCUT2D eigenvalue weighted by Crippen LogP contribution is 2.15. The first-order valence-corrected chi connectivity index (χ1v) is 5.78. The number of aryl methyl sites for hydroxylation is 1. The molecule has 2 rings (SSSR count). The number of nitrogens with one attached hydrogen (secondary N) is 1. The topological polar surface area (TPSA) is 63.8 Å². The zero-order valence-electron chi connectivity index (χ0n) is 7.32. The summed E-state index contributed by atoms with van der Waals surface area (Å²) in [4.78, 5) is 8.21. The first-order valence-electron chi connectivity index (χ1n) is 3.88. The number of halogens is 1. The van der Waals surface area contributed by atoms with Gasteiger partial charge < -0.3 is 9.84 Å². The zero-order valence-corrected chi connectivity index (χ0v) is 10.3. The lowest BCUT2D eigenvalue weighted by Crippen LogP contribution is -1.98. The van der Waals surface area contributed by atoms with Crippen molar-refractivity contribution < 1.29 is 4.52 Å². The third-order valence-corrected chi connectivity index (χ3v) is 3.17. The molecular weight excluding hydrogens is 315 g/mol. The van der Waals surface area contributed by atoms with E-state index in [1.165, 1.54) is 2.88 Å². The molecule has 0 atom stereocenters. The number of rotatable bonds is 3. The molecule has 0 spiro atoms. The maximum Gasteiger partial charge on any atom is 0.321 e. The normalized spacial score (nSPS) is 10.4. The second-order valence-electron chi connectivity index (χ2n) is 2.56. The van der Waals surface area contributed by atoms with Gasteiger partial charge in [-0.05, 0) is 29.5 Å². The van der Waals surface area contributed by atoms with E-state index in [4.69, 9.17) is 4.52 Å². The van der Waals surface area contributed by atoms with Gasteiger partial charge in [0.05, 0.1) is 15.6 Å². The number of anilines is 1. The summed E-state index contributed by atoms with van der Waals surface area (Å²) in [6.45, 7) is 2.40. The molecule has 0 saturated carbocycles. The third kappa shape index (κ3) is 2.41. The van der Waals surface area contributed by atoms with Crippen molar-refractivity contribution in [1.29, 1.82) is 0 Å². The minimum Gasteiger partial charge on any atom is -0.331 e. The van der Waals surface area contributed by atoms with Crippen molar-refractivity contribution in [2.75, 3.05) is 5.32 Å². The fourth-order valence-electron chi connectivity index (χ4n) is 0.890. The average molecular weight is 322 g/mol. The summed E-state index contributed by atoms with van der Waals surface area (Å²) in [6, 6.07) is 0.438. The molecule has 0 amide bonds. The van der Waals surface area contributed by atoms with E-state index < -0.39 is 0 Å². The highest BCUT2D eigenvalue weighted by atomic mass is 127. The zero-order chi connectivity index (χ0) is 9.97. The highest BCUT2D eigenvalue weighted by molar-refractivity contribution is 14.1. The molecule has 0 unspecified atom stereocenters. The quantitative estimate of drug-likeness (QED) is 0.876. The van der Waals surface area contributed by atoms with Gasteiger partial charge >= 0.3 is 6.01 Å². The minimum atomic E-state index is 0.438. The van der Waals surface area contributed by atoms with E-state index in [2.05, 4.69) is 43.0 Å². The summed E-state index contributed by atoms with van der Waals surface area (Å²) in [5.41, 5.74) is 0. The molecule has 0 aromatic carbocycles. The fourth-order valence-corrected chi connectivity index (χ4v) is 2.37. The fraction of sp³-hybridized carbons (Fsp3) is 0.286. The standard InChI is InChI=1S/C7H7IN4OS/c1-4-11-7(13-12-4)10-3-6-9-2-5(8)14-6/h2H,3H2,1H3,(H,10,11,12). The Morgan fingerprint density at radius 1 is 1.64 bits per heavy atom. The number of hydrogen-bond acceptors (Lipinski definition) is 6. The first-order chi connectivity index (χ1) is 6.74. The van der Waals surface area contributed by atoms with Crippen LogP contribution in [0.3, 0.4) is 0 Å². The van der Waals surface area contributed by atoms with Gasteiger partial charge in [-0.3, -0.25) is 0 Å². The number of thiazole rings is 1. The molecule has 0 radical (unpaired) electrons. The van der Waals surface area contributed by atoms with Crippen LogP contribution in [-0.4, -0.2) is 15.1 Å². The third-order valence-electron chi connectivity index (χ3n) is 1.44. The van der Waals surface area contributed by atoms with Crippen LogP contribution in [0.15, 0.2) is 10.7 Å². The van der Waals surface area contributed by atoms with E-state index in [0.29, 0.717) is 18.4 Å². The van der Waals surface area contributed by atoms with Gasteiger partial charge in [0.2, 0.25) is 0 Å². The first kappa shape index (κ1) is 9.84. The average Bonchev–Trinajstić information content (AvgIpc) is 2.72. The van der Waals surface area contributed by atoms with E-state index in [1.54, 1.807) is 18.3 Å². The monoisotopic (exact) mass is 322 g/mol. The summed E-state index contributed by atoms with van der Waals surface area (Å²) in [7, 11) is 0. The maximum absolute atomic E-state index is 4.90. The molecule has 0 aliphatic heterocycles. The molecule has 0 saturated heterocycles. The second kappa shape index (κ2) is 4.22. The summed E-state index contributed by atoms with van der Waals surface area (Å²) in [6.07, 6.45) is 1.83. The van der Waals surface area contributed by atoms with Gasteiger partial charge in [-0.15, -0.1) is 11.3 Å². The van der Waals surface area contributed by atoms with Crippen molar-refractivity contribution in [3.05, 3.63) is 19.9 Å². The van der Waals surface area contributed by atoms with E-state index in [-0.39, 0.29) is 0 Å². The van der Waals surface area contributed by atoms with Gasteiger partial charge in [0.25, 0.3) is 0 Å². The van der Waals surface area contributed by atoms with Gasteiger partial charge in [-0.1, -0.05) is 5.16 Å². The van der Waals surface area contributed by atoms with Crippen LogP contribution in [0.5, 0.6) is 0 Å². The molecule has 0 bridgehead atoms. The van der Waals surface area contributed by atoms with E-state index >= 15 is 0 Å². The van der Waals surface area contributed by atoms with Crippen LogP contribution in [0, 0.1) is 9.81 Å². The van der Waals surface area contributed by atoms with E-state index in [0.717, 1.165) is 5.01 Å². The Morgan fingerprint density at radius 2 is 2.50 bits per heavy atom. The molecule has 0 aliphatic rings. The Balaban J connectivity index is 1.94. The van der Waals surface area contributed by atoms with Crippen LogP contribution in [0.25, 0.3) is 0 Å². The van der Waals surface area contributed by atoms with Gasteiger partial charge in [0.15, 0.2) is 5.82 Å². The Labute approximate surface area is 98.1 Å². The molecule has 5 nitrogen and oxygen atoms in total. The summed E-state index contributed by atoms with van der Waals surface area (Å²) in [5, 5.41) is 7.67. The minimum absolute atomic E-state index is 0.438. The Morgan fingerprint density at radius 3 is 3.07 bits per heavy atom. The van der Waals surface area contributed by atoms with Crippen molar-refractivity contribution in [2.24, 2.45) is 0 Å². The van der Waals surface area contributed by atoms with Crippen LogP contribution < -0.4 is 5.32 Å². The Bertz CT molecular complexity index is 387. The van der Waals surface area contributed by atoms with Crippen molar-refractivity contribution in [3.63, 3.8) is 0 Å². The van der Waals surface area contributed by atoms with Gasteiger partial charge in [-0.25, -0.2) is 4.98 Å². The van der Waals surface area contributed by atoms with Crippen LogP contribution in [-0.2, 0) is 6.54 Å². The van der Waals surface area contributed by atoms with Gasteiger partial charge in [-0.2, -0.15) is 4.98 Å². The summed E-state index contributed by atoms with van der Waals surface area (Å²) >= 11 is 3.87. The molecular formula is C7H7IN4OS. The van der Waals surface area contributed by atoms with Crippen LogP contribution in [0.4, 0.5) is 6.01 Å². The Hall–Kier alpha value is -0.700. The van der Waals surface area contributed by atoms with Gasteiger partial charge in [0.1, 0.15) is 5.01 Å². The molecule has 14 heavy (non-hydrogen) atoms. The van der Waals surface area contributed by atoms with E-state index in [1.807, 2.05) is 6.20 Å². The number of nitrogens with zero attached hydrogens (tertiary/aromatic N) is 3.